The molecule has 3 heteroatoms. The molecule has 1 unspecified atom stereocenters. The predicted octanol–water partition coefficient (Wildman–Crippen LogP) is 1.86. The van der Waals surface area contributed by atoms with Crippen molar-refractivity contribution in [2.45, 2.75) is 18.9 Å². The van der Waals surface area contributed by atoms with Gasteiger partial charge in [-0.3, -0.25) is 4.98 Å². The Morgan fingerprint density at radius 3 is 3.00 bits per heavy atom. The Morgan fingerprint density at radius 2 is 2.46 bits per heavy atom. The Balaban J connectivity index is 2.27. The van der Waals surface area contributed by atoms with Gasteiger partial charge in [-0.15, -0.1) is 0 Å². The van der Waals surface area contributed by atoms with E-state index in [0.29, 0.717) is 0 Å². The summed E-state index contributed by atoms with van der Waals surface area (Å²) in [4.78, 5) is 4.05. The molecule has 0 radical (unpaired) electrons. The average molecular weight is 180 g/mol. The highest BCUT2D eigenvalue weighted by Gasteiger charge is 2.32. The Labute approximate surface area is 78.2 Å². The average Bonchev–Trinajstić information content (AvgIpc) is 2.47. The Kier molecular flexibility index (Phi) is 2.06. The van der Waals surface area contributed by atoms with Crippen LogP contribution in [0.2, 0.25) is 0 Å². The van der Waals surface area contributed by atoms with E-state index in [2.05, 4.69) is 4.98 Å². The van der Waals surface area contributed by atoms with E-state index in [9.17, 15) is 5.21 Å². The second kappa shape index (κ2) is 3.09. The summed E-state index contributed by atoms with van der Waals surface area (Å²) in [7, 11) is 1.75. The standard InChI is InChI=1S/C10H14N2O/c1-12(13)7-3-5-10(12)9-4-2-6-11-8-9/h2,4,6,8,10H,3,5,7H2,1H3/t10-,12?/m0/s1/i10+2. The molecule has 70 valence electrons. The quantitative estimate of drug-likeness (QED) is 0.488. The summed E-state index contributed by atoms with van der Waals surface area (Å²) >= 11 is 0. The molecular weight excluding hydrogens is 166 g/mol. The van der Waals surface area contributed by atoms with E-state index < -0.39 is 0 Å². The number of aromatic nitrogens is 1. The van der Waals surface area contributed by atoms with E-state index in [-0.39, 0.29) is 10.7 Å². The van der Waals surface area contributed by atoms with Gasteiger partial charge >= 0.3 is 0 Å². The zero-order valence-electron chi connectivity index (χ0n) is 7.81. The van der Waals surface area contributed by atoms with Crippen LogP contribution in [-0.4, -0.2) is 23.2 Å². The van der Waals surface area contributed by atoms with Gasteiger partial charge in [0.2, 0.25) is 0 Å². The maximum atomic E-state index is 11.9. The van der Waals surface area contributed by atoms with Gasteiger partial charge in [0.15, 0.2) is 0 Å². The molecule has 0 bridgehead atoms. The molecule has 1 saturated heterocycles. The first-order valence-corrected chi connectivity index (χ1v) is 4.66. The summed E-state index contributed by atoms with van der Waals surface area (Å²) in [6, 6.07) is 4.00. The van der Waals surface area contributed by atoms with Crippen molar-refractivity contribution >= 4 is 0 Å². The number of nitrogens with zero attached hydrogens (tertiary/aromatic N) is 2. The largest absolute Gasteiger partial charge is 0.633 e. The van der Waals surface area contributed by atoms with Crippen LogP contribution in [0.4, 0.5) is 0 Å². The molecule has 1 fully saturated rings. The van der Waals surface area contributed by atoms with Crippen molar-refractivity contribution in [2.24, 2.45) is 0 Å². The zero-order chi connectivity index (χ0) is 9.31. The zero-order valence-corrected chi connectivity index (χ0v) is 7.81. The molecule has 13 heavy (non-hydrogen) atoms. The monoisotopic (exact) mass is 180 g/mol. The minimum absolute atomic E-state index is 0.105. The van der Waals surface area contributed by atoms with E-state index in [4.69, 9.17) is 0 Å². The molecule has 0 aromatic carbocycles. The third-order valence-electron chi connectivity index (χ3n) is 2.81. The normalized spacial score (nSPS) is 33.5. The highest BCUT2D eigenvalue weighted by atomic mass is 16.6. The third-order valence-corrected chi connectivity index (χ3v) is 2.81. The van der Waals surface area contributed by atoms with Crippen LogP contribution < -0.4 is 0 Å². The fourth-order valence-corrected chi connectivity index (χ4v) is 2.08. The molecule has 0 N–H and O–H groups in total. The van der Waals surface area contributed by atoms with Crippen molar-refractivity contribution in [3.05, 3.63) is 35.3 Å². The highest BCUT2D eigenvalue weighted by molar-refractivity contribution is 5.12. The molecule has 1 aromatic heterocycles. The number of pyridine rings is 1. The van der Waals surface area contributed by atoms with Crippen molar-refractivity contribution in [1.29, 1.82) is 0 Å². The van der Waals surface area contributed by atoms with Crippen LogP contribution >= 0.6 is 0 Å². The van der Waals surface area contributed by atoms with Gasteiger partial charge in [-0.25, -0.2) is 0 Å². The smallest absolute Gasteiger partial charge is 0.116 e. The van der Waals surface area contributed by atoms with Crippen LogP contribution in [0, 0.1) is 5.21 Å². The van der Waals surface area contributed by atoms with E-state index in [0.717, 1.165) is 24.9 Å². The van der Waals surface area contributed by atoms with Gasteiger partial charge in [0.1, 0.15) is 6.04 Å². The van der Waals surface area contributed by atoms with Crippen LogP contribution in [0.3, 0.4) is 0 Å². The number of quaternary nitrogens is 1. The van der Waals surface area contributed by atoms with Gasteiger partial charge in [-0.1, -0.05) is 6.07 Å². The fraction of sp³-hybridized carbons (Fsp3) is 0.500. The summed E-state index contributed by atoms with van der Waals surface area (Å²) < 4.78 is -0.133. The number of hydroxylamine groups is 3. The molecule has 3 nitrogen and oxygen atoms in total. The molecule has 0 saturated carbocycles. The van der Waals surface area contributed by atoms with E-state index in [1.54, 1.807) is 13.2 Å². The van der Waals surface area contributed by atoms with Crippen molar-refractivity contribution in [1.82, 2.24) is 4.98 Å². The van der Waals surface area contributed by atoms with Crippen molar-refractivity contribution in [2.75, 3.05) is 13.6 Å². The summed E-state index contributed by atoms with van der Waals surface area (Å²) in [6.07, 6.45) is 5.57. The number of hydrogen-bond acceptors (Lipinski definition) is 2. The van der Waals surface area contributed by atoms with Crippen molar-refractivity contribution in [3.8, 4) is 0 Å². The molecule has 0 amide bonds. The first-order chi connectivity index (χ1) is 6.20. The summed E-state index contributed by atoms with van der Waals surface area (Å²) in [5.41, 5.74) is 1.08. The van der Waals surface area contributed by atoms with E-state index in [1.807, 2.05) is 18.3 Å². The molecule has 0 spiro atoms. The molecule has 1 aromatic rings. The third kappa shape index (κ3) is 1.57. The summed E-state index contributed by atoms with van der Waals surface area (Å²) in [5, 5.41) is 11.9. The molecule has 1 aliphatic heterocycles. The summed E-state index contributed by atoms with van der Waals surface area (Å²) in [6.45, 7) is 0.736. The van der Waals surface area contributed by atoms with Crippen LogP contribution in [0.5, 0.6) is 0 Å². The first-order valence-electron chi connectivity index (χ1n) is 4.66. The fourth-order valence-electron chi connectivity index (χ4n) is 2.08. The van der Waals surface area contributed by atoms with Crippen molar-refractivity contribution < 1.29 is 4.65 Å². The van der Waals surface area contributed by atoms with Gasteiger partial charge in [0, 0.05) is 30.8 Å². The predicted molar refractivity (Wildman–Crippen MR) is 50.6 cm³/mol. The first kappa shape index (κ1) is 8.66. The van der Waals surface area contributed by atoms with Gasteiger partial charge in [0.05, 0.1) is 13.6 Å². The molecule has 2 heterocycles. The highest BCUT2D eigenvalue weighted by Crippen LogP contribution is 2.35. The lowest BCUT2D eigenvalue weighted by Gasteiger charge is -2.40. The molecule has 2 atom stereocenters. The Hall–Kier alpha value is -0.930. The Bertz CT molecular complexity index is 284. The summed E-state index contributed by atoms with van der Waals surface area (Å²) in [5.74, 6) is 0. The van der Waals surface area contributed by atoms with E-state index >= 15 is 0 Å². The molecule has 0 aliphatic carbocycles. The molecule has 2 rings (SSSR count). The van der Waals surface area contributed by atoms with Crippen LogP contribution in [0.15, 0.2) is 24.5 Å². The minimum Gasteiger partial charge on any atom is -0.633 e. The maximum absolute atomic E-state index is 11.9. The van der Waals surface area contributed by atoms with Crippen molar-refractivity contribution in [3.63, 3.8) is 0 Å². The van der Waals surface area contributed by atoms with Crippen LogP contribution in [-0.2, 0) is 0 Å². The SMILES string of the molecule is C[N+]1([O-])CCC[14C@H]1c1cccnc1. The second-order valence-corrected chi connectivity index (χ2v) is 3.84. The van der Waals surface area contributed by atoms with Gasteiger partial charge in [0.25, 0.3) is 0 Å². The van der Waals surface area contributed by atoms with Gasteiger partial charge < -0.3 is 9.85 Å². The van der Waals surface area contributed by atoms with E-state index in [1.165, 1.54) is 0 Å². The number of hydrogen-bond donors (Lipinski definition) is 0. The molecular formula is C10H14N2O. The lowest BCUT2D eigenvalue weighted by atomic mass is 10.4. The van der Waals surface area contributed by atoms with Crippen LogP contribution in [0.1, 0.15) is 24.4 Å². The minimum atomic E-state index is -0.133. The molecule has 1 aliphatic rings. The lowest BCUT2D eigenvalue weighted by Crippen LogP contribution is -2.36. The number of rotatable bonds is 1. The lowest BCUT2D eigenvalue weighted by molar-refractivity contribution is -0.878. The van der Waals surface area contributed by atoms with Gasteiger partial charge in [-0.05, 0) is 6.07 Å². The number of likely N-dealkylation sites (tertiary alicyclic amines) is 1. The maximum Gasteiger partial charge on any atom is 0.116 e. The topological polar surface area (TPSA) is 36.0 Å². The second-order valence-electron chi connectivity index (χ2n) is 3.84. The van der Waals surface area contributed by atoms with Gasteiger partial charge in [-0.2, -0.15) is 0 Å². The Morgan fingerprint density at radius 1 is 1.62 bits per heavy atom. The van der Waals surface area contributed by atoms with Crippen LogP contribution in [0.25, 0.3) is 0 Å².